The van der Waals surface area contributed by atoms with Gasteiger partial charge in [-0.05, 0) is 100 Å². The highest BCUT2D eigenvalue weighted by atomic mass is 15.1. The normalized spacial score (nSPS) is 10.8. The SMILES string of the molecule is [C-]#[N+]c1ccc(-c2ccc3c4ccccc4n(-c4cc([N+]#[C-])c(-c5cccc(C#N)c5)cc4-n4c5ccccc5c5ccc(-c6ccc(C#N)cc6[N+]#[C-])cc54)c3c2)c(C#N)c1. The van der Waals surface area contributed by atoms with Gasteiger partial charge < -0.3 is 9.13 Å². The molecule has 2 aromatic heterocycles. The third-order valence-corrected chi connectivity index (χ3v) is 11.5. The van der Waals surface area contributed by atoms with Crippen molar-refractivity contribution in [3.8, 4) is 63.0 Å². The molecule has 8 heteroatoms. The van der Waals surface area contributed by atoms with Crippen LogP contribution < -0.4 is 0 Å². The number of nitrogens with zero attached hydrogens (tertiary/aromatic N) is 8. The lowest BCUT2D eigenvalue weighted by atomic mass is 9.98. The standard InChI is InChI=1S/C54H26N8/c1-58-39-18-22-40(38(25-39)32-57)36-16-20-44-43-12-5-7-14-50(43)62(51(44)26-36)54-29-48(60-3)46(35-10-8-9-33(23-35)30-55)28-53(54)61-49-13-6-4-11-42(49)45-21-17-37(27-52(45)61)41-19-15-34(31-56)24-47(41)59-2/h4-29H. The maximum absolute atomic E-state index is 10.2. The lowest BCUT2D eigenvalue weighted by Gasteiger charge is -2.20. The smallest absolute Gasteiger partial charge is 0.197 e. The lowest BCUT2D eigenvalue weighted by molar-refractivity contribution is 1.10. The molecular weight excluding hydrogens is 761 g/mol. The number of benzene rings is 8. The molecule has 282 valence electrons. The van der Waals surface area contributed by atoms with Crippen LogP contribution in [0.25, 0.3) is 103 Å². The predicted molar refractivity (Wildman–Crippen MR) is 244 cm³/mol. The van der Waals surface area contributed by atoms with Crippen LogP contribution in [0.2, 0.25) is 0 Å². The van der Waals surface area contributed by atoms with Gasteiger partial charge in [0.05, 0.1) is 76.9 Å². The molecule has 0 radical (unpaired) electrons. The molecule has 0 N–H and O–H groups in total. The Morgan fingerprint density at radius 1 is 0.387 bits per heavy atom. The monoisotopic (exact) mass is 786 g/mol. The molecule has 0 bridgehead atoms. The summed E-state index contributed by atoms with van der Waals surface area (Å²) >= 11 is 0. The van der Waals surface area contributed by atoms with Crippen molar-refractivity contribution >= 4 is 60.7 Å². The highest BCUT2D eigenvalue weighted by Gasteiger charge is 2.23. The summed E-state index contributed by atoms with van der Waals surface area (Å²) < 4.78 is 4.38. The number of fused-ring (bicyclic) bond motifs is 6. The molecule has 10 rings (SSSR count). The zero-order valence-corrected chi connectivity index (χ0v) is 32.6. The summed E-state index contributed by atoms with van der Waals surface area (Å²) in [6.07, 6.45) is 0. The lowest BCUT2D eigenvalue weighted by Crippen LogP contribution is -2.04. The molecule has 10 aromatic rings. The minimum Gasteiger partial charge on any atom is -0.308 e. The summed E-state index contributed by atoms with van der Waals surface area (Å²) in [6.45, 7) is 24.1. The maximum Gasteiger partial charge on any atom is 0.197 e. The molecule has 0 saturated heterocycles. The average molecular weight is 787 g/mol. The van der Waals surface area contributed by atoms with Crippen LogP contribution in [0, 0.1) is 53.7 Å². The van der Waals surface area contributed by atoms with Crippen molar-refractivity contribution < 1.29 is 0 Å². The van der Waals surface area contributed by atoms with Gasteiger partial charge in [-0.15, -0.1) is 0 Å². The van der Waals surface area contributed by atoms with Crippen molar-refractivity contribution in [2.45, 2.75) is 0 Å². The Hall–Kier alpha value is -9.70. The summed E-state index contributed by atoms with van der Waals surface area (Å²) in [5.41, 5.74) is 11.8. The third kappa shape index (κ3) is 5.71. The molecule has 0 saturated carbocycles. The van der Waals surface area contributed by atoms with E-state index in [-0.39, 0.29) is 0 Å². The van der Waals surface area contributed by atoms with E-state index in [0.717, 1.165) is 71.7 Å². The van der Waals surface area contributed by atoms with Gasteiger partial charge in [0.15, 0.2) is 17.1 Å². The molecule has 0 spiro atoms. The summed E-state index contributed by atoms with van der Waals surface area (Å²) in [5, 5.41) is 33.7. The van der Waals surface area contributed by atoms with E-state index >= 15 is 0 Å². The van der Waals surface area contributed by atoms with Crippen LogP contribution in [0.15, 0.2) is 158 Å². The molecule has 0 amide bonds. The topological polar surface area (TPSA) is 94.3 Å². The second-order valence-electron chi connectivity index (χ2n) is 14.7. The van der Waals surface area contributed by atoms with Crippen LogP contribution in [0.4, 0.5) is 17.1 Å². The van der Waals surface area contributed by atoms with Crippen molar-refractivity contribution in [2.75, 3.05) is 0 Å². The van der Waals surface area contributed by atoms with Gasteiger partial charge in [0.25, 0.3) is 0 Å². The largest absolute Gasteiger partial charge is 0.308 e. The summed E-state index contributed by atoms with van der Waals surface area (Å²) in [6, 6.07) is 56.8. The second-order valence-corrected chi connectivity index (χ2v) is 14.7. The van der Waals surface area contributed by atoms with Crippen molar-refractivity contribution in [2.24, 2.45) is 0 Å². The first-order valence-electron chi connectivity index (χ1n) is 19.4. The van der Waals surface area contributed by atoms with Crippen molar-refractivity contribution in [1.82, 2.24) is 9.13 Å². The van der Waals surface area contributed by atoms with Gasteiger partial charge >= 0.3 is 0 Å². The number of para-hydroxylation sites is 2. The molecule has 0 aliphatic heterocycles. The van der Waals surface area contributed by atoms with E-state index in [2.05, 4.69) is 90.4 Å². The van der Waals surface area contributed by atoms with Crippen molar-refractivity contribution in [3.63, 3.8) is 0 Å². The Morgan fingerprint density at radius 3 is 1.55 bits per heavy atom. The van der Waals surface area contributed by atoms with Gasteiger partial charge in [-0.3, -0.25) is 0 Å². The van der Waals surface area contributed by atoms with E-state index in [0.29, 0.717) is 50.4 Å². The quantitative estimate of drug-likeness (QED) is 0.163. The minimum absolute atomic E-state index is 0.372. The van der Waals surface area contributed by atoms with Gasteiger partial charge in [0.1, 0.15) is 0 Å². The third-order valence-electron chi connectivity index (χ3n) is 11.5. The summed E-state index contributed by atoms with van der Waals surface area (Å²) in [7, 11) is 0. The first-order chi connectivity index (χ1) is 30.5. The molecule has 8 nitrogen and oxygen atoms in total. The summed E-state index contributed by atoms with van der Waals surface area (Å²) in [5.74, 6) is 0. The second kappa shape index (κ2) is 14.6. The van der Waals surface area contributed by atoms with E-state index in [1.165, 1.54) is 0 Å². The molecule has 8 aromatic carbocycles. The fraction of sp³-hybridized carbons (Fsp3) is 0. The number of aromatic nitrogens is 2. The number of hydrogen-bond acceptors (Lipinski definition) is 3. The molecule has 0 aliphatic carbocycles. The molecule has 62 heavy (non-hydrogen) atoms. The van der Waals surface area contributed by atoms with E-state index in [1.807, 2.05) is 72.8 Å². The fourth-order valence-electron chi connectivity index (χ4n) is 8.68. The van der Waals surface area contributed by atoms with Gasteiger partial charge in [0, 0.05) is 32.7 Å². The van der Waals surface area contributed by atoms with Crippen LogP contribution >= 0.6 is 0 Å². The molecule has 0 atom stereocenters. The Labute approximate surface area is 355 Å². The Bertz CT molecular complexity index is 3840. The van der Waals surface area contributed by atoms with Gasteiger partial charge in [-0.2, -0.15) is 15.8 Å². The van der Waals surface area contributed by atoms with E-state index < -0.39 is 0 Å². The predicted octanol–water partition coefficient (Wildman–Crippen LogP) is 14.1. The van der Waals surface area contributed by atoms with Crippen molar-refractivity contribution in [3.05, 3.63) is 209 Å². The summed E-state index contributed by atoms with van der Waals surface area (Å²) in [4.78, 5) is 11.4. The van der Waals surface area contributed by atoms with Crippen LogP contribution in [0.1, 0.15) is 16.7 Å². The molecule has 0 fully saturated rings. The molecule has 0 unspecified atom stereocenters. The van der Waals surface area contributed by atoms with Crippen LogP contribution in [0.3, 0.4) is 0 Å². The first kappa shape index (κ1) is 36.6. The van der Waals surface area contributed by atoms with Crippen LogP contribution in [-0.4, -0.2) is 9.13 Å². The Kier molecular flexibility index (Phi) is 8.62. The fourth-order valence-corrected chi connectivity index (χ4v) is 8.68. The maximum atomic E-state index is 10.2. The molecule has 0 aliphatic rings. The zero-order chi connectivity index (χ0) is 42.5. The van der Waals surface area contributed by atoms with E-state index in [1.54, 1.807) is 36.4 Å². The van der Waals surface area contributed by atoms with Gasteiger partial charge in [-0.25, -0.2) is 14.5 Å². The van der Waals surface area contributed by atoms with E-state index in [4.69, 9.17) is 19.7 Å². The molecular formula is C54H26N8. The Balaban J connectivity index is 1.35. The van der Waals surface area contributed by atoms with Gasteiger partial charge in [0.2, 0.25) is 0 Å². The minimum atomic E-state index is 0.372. The first-order valence-corrected chi connectivity index (χ1v) is 19.4. The van der Waals surface area contributed by atoms with E-state index in [9.17, 15) is 15.8 Å². The number of nitriles is 3. The Morgan fingerprint density at radius 2 is 0.935 bits per heavy atom. The van der Waals surface area contributed by atoms with Gasteiger partial charge in [-0.1, -0.05) is 91.0 Å². The average Bonchev–Trinajstić information content (AvgIpc) is 3.84. The highest BCUT2D eigenvalue weighted by molar-refractivity contribution is 6.13. The van der Waals surface area contributed by atoms with Crippen LogP contribution in [-0.2, 0) is 0 Å². The zero-order valence-electron chi connectivity index (χ0n) is 32.6. The van der Waals surface area contributed by atoms with Crippen molar-refractivity contribution in [1.29, 1.82) is 15.8 Å². The molecule has 2 heterocycles. The number of rotatable bonds is 5. The number of hydrogen-bond donors (Lipinski definition) is 0. The van der Waals surface area contributed by atoms with Crippen LogP contribution in [0.5, 0.6) is 0 Å². The highest BCUT2D eigenvalue weighted by Crippen LogP contribution is 2.45.